The molecule has 1 N–H and O–H groups in total. The second-order valence-electron chi connectivity index (χ2n) is 4.88. The average Bonchev–Trinajstić information content (AvgIpc) is 2.67. The van der Waals surface area contributed by atoms with Crippen LogP contribution in [-0.4, -0.2) is 6.04 Å². The summed E-state index contributed by atoms with van der Waals surface area (Å²) < 4.78 is 0. The Balaban J connectivity index is 2.03. The Kier molecular flexibility index (Phi) is 2.19. The first-order chi connectivity index (χ1) is 7.40. The van der Waals surface area contributed by atoms with E-state index in [0.29, 0.717) is 0 Å². The van der Waals surface area contributed by atoms with Crippen molar-refractivity contribution in [2.24, 2.45) is 0 Å². The SMILES string of the molecule is CCc1cccc2c1NC1CCCCC21. The van der Waals surface area contributed by atoms with Crippen LogP contribution in [0.15, 0.2) is 18.2 Å². The van der Waals surface area contributed by atoms with Gasteiger partial charge in [0.05, 0.1) is 0 Å². The van der Waals surface area contributed by atoms with E-state index in [4.69, 9.17) is 0 Å². The van der Waals surface area contributed by atoms with Gasteiger partial charge in [-0.05, 0) is 30.4 Å². The van der Waals surface area contributed by atoms with Crippen LogP contribution in [0.2, 0.25) is 0 Å². The molecule has 80 valence electrons. The first-order valence-electron chi connectivity index (χ1n) is 6.28. The number of aryl methyl sites for hydroxylation is 1. The third-order valence-corrected chi connectivity index (χ3v) is 4.06. The van der Waals surface area contributed by atoms with Crippen LogP contribution in [-0.2, 0) is 6.42 Å². The molecule has 0 amide bonds. The fourth-order valence-corrected chi connectivity index (χ4v) is 3.26. The van der Waals surface area contributed by atoms with Gasteiger partial charge in [-0.2, -0.15) is 0 Å². The van der Waals surface area contributed by atoms with Crippen LogP contribution in [0.4, 0.5) is 5.69 Å². The average molecular weight is 201 g/mol. The smallest absolute Gasteiger partial charge is 0.0411 e. The molecule has 1 saturated carbocycles. The Morgan fingerprint density at radius 1 is 1.27 bits per heavy atom. The van der Waals surface area contributed by atoms with Gasteiger partial charge in [0.25, 0.3) is 0 Å². The number of rotatable bonds is 1. The maximum atomic E-state index is 3.76. The molecule has 1 heterocycles. The maximum absolute atomic E-state index is 3.76. The quantitative estimate of drug-likeness (QED) is 0.730. The van der Waals surface area contributed by atoms with Crippen LogP contribution < -0.4 is 5.32 Å². The molecule has 0 bridgehead atoms. The van der Waals surface area contributed by atoms with Crippen molar-refractivity contribution in [3.8, 4) is 0 Å². The van der Waals surface area contributed by atoms with Gasteiger partial charge in [0.15, 0.2) is 0 Å². The van der Waals surface area contributed by atoms with E-state index in [1.807, 2.05) is 0 Å². The molecule has 2 atom stereocenters. The van der Waals surface area contributed by atoms with E-state index in [9.17, 15) is 0 Å². The lowest BCUT2D eigenvalue weighted by Crippen LogP contribution is -2.23. The summed E-state index contributed by atoms with van der Waals surface area (Å²) in [5, 5.41) is 3.76. The molecule has 1 fully saturated rings. The van der Waals surface area contributed by atoms with Crippen molar-refractivity contribution >= 4 is 5.69 Å². The molecule has 0 aromatic heterocycles. The van der Waals surface area contributed by atoms with Crippen LogP contribution in [0.3, 0.4) is 0 Å². The Bertz CT molecular complexity index is 370. The van der Waals surface area contributed by atoms with Gasteiger partial charge < -0.3 is 5.32 Å². The molecule has 15 heavy (non-hydrogen) atoms. The fraction of sp³-hybridized carbons (Fsp3) is 0.571. The van der Waals surface area contributed by atoms with Gasteiger partial charge in [-0.1, -0.05) is 38.0 Å². The molecule has 0 saturated heterocycles. The summed E-state index contributed by atoms with van der Waals surface area (Å²) in [6, 6.07) is 7.57. The molecule has 1 nitrogen and oxygen atoms in total. The molecule has 0 radical (unpaired) electrons. The lowest BCUT2D eigenvalue weighted by Gasteiger charge is -2.25. The fourth-order valence-electron chi connectivity index (χ4n) is 3.26. The van der Waals surface area contributed by atoms with Crippen molar-refractivity contribution in [3.05, 3.63) is 29.3 Å². The lowest BCUT2D eigenvalue weighted by molar-refractivity contribution is 0.422. The predicted octanol–water partition coefficient (Wildman–Crippen LogP) is 3.70. The first-order valence-corrected chi connectivity index (χ1v) is 6.28. The Labute approximate surface area is 91.9 Å². The molecule has 3 rings (SSSR count). The lowest BCUT2D eigenvalue weighted by atomic mass is 9.82. The van der Waals surface area contributed by atoms with Crippen molar-refractivity contribution in [2.75, 3.05) is 5.32 Å². The van der Waals surface area contributed by atoms with Gasteiger partial charge in [0.1, 0.15) is 0 Å². The topological polar surface area (TPSA) is 12.0 Å². The van der Waals surface area contributed by atoms with Crippen molar-refractivity contribution in [1.82, 2.24) is 0 Å². The zero-order valence-corrected chi connectivity index (χ0v) is 9.42. The largest absolute Gasteiger partial charge is 0.381 e. The van der Waals surface area contributed by atoms with Crippen LogP contribution in [0.25, 0.3) is 0 Å². The number of fused-ring (bicyclic) bond motifs is 3. The second kappa shape index (κ2) is 3.55. The summed E-state index contributed by atoms with van der Waals surface area (Å²) in [5.41, 5.74) is 4.57. The van der Waals surface area contributed by atoms with E-state index in [0.717, 1.165) is 18.4 Å². The highest BCUT2D eigenvalue weighted by Crippen LogP contribution is 2.45. The van der Waals surface area contributed by atoms with E-state index in [1.165, 1.54) is 36.9 Å². The maximum Gasteiger partial charge on any atom is 0.0411 e. The van der Waals surface area contributed by atoms with Crippen molar-refractivity contribution in [3.63, 3.8) is 0 Å². The summed E-state index contributed by atoms with van der Waals surface area (Å²) in [7, 11) is 0. The third-order valence-electron chi connectivity index (χ3n) is 4.06. The third kappa shape index (κ3) is 1.37. The number of hydrogen-bond acceptors (Lipinski definition) is 1. The summed E-state index contributed by atoms with van der Waals surface area (Å²) in [5.74, 6) is 0.806. The van der Waals surface area contributed by atoms with Crippen molar-refractivity contribution in [1.29, 1.82) is 0 Å². The summed E-state index contributed by atoms with van der Waals surface area (Å²) in [4.78, 5) is 0. The van der Waals surface area contributed by atoms with Crippen LogP contribution >= 0.6 is 0 Å². The van der Waals surface area contributed by atoms with Crippen molar-refractivity contribution in [2.45, 2.75) is 51.0 Å². The minimum atomic E-state index is 0.737. The number of benzene rings is 1. The number of hydrogen-bond donors (Lipinski definition) is 1. The van der Waals surface area contributed by atoms with Crippen LogP contribution in [0, 0.1) is 0 Å². The zero-order chi connectivity index (χ0) is 10.3. The first kappa shape index (κ1) is 9.26. The highest BCUT2D eigenvalue weighted by molar-refractivity contribution is 5.64. The molecule has 2 aliphatic rings. The molecule has 1 heteroatoms. The van der Waals surface area contributed by atoms with E-state index < -0.39 is 0 Å². The standard InChI is InChI=1S/C14H19N/c1-2-10-6-5-8-12-11-7-3-4-9-13(11)15-14(10)12/h5-6,8,11,13,15H,2-4,7,9H2,1H3. The number of nitrogens with one attached hydrogen (secondary N) is 1. The summed E-state index contributed by atoms with van der Waals surface area (Å²) in [6.07, 6.45) is 6.72. The number of para-hydroxylation sites is 1. The molecular weight excluding hydrogens is 182 g/mol. The normalized spacial score (nSPS) is 28.1. The van der Waals surface area contributed by atoms with E-state index in [1.54, 1.807) is 5.56 Å². The van der Waals surface area contributed by atoms with Gasteiger partial charge in [0, 0.05) is 17.6 Å². The Morgan fingerprint density at radius 2 is 2.13 bits per heavy atom. The highest BCUT2D eigenvalue weighted by atomic mass is 15.0. The minimum Gasteiger partial charge on any atom is -0.381 e. The van der Waals surface area contributed by atoms with Gasteiger partial charge in [-0.25, -0.2) is 0 Å². The Morgan fingerprint density at radius 3 is 3.00 bits per heavy atom. The van der Waals surface area contributed by atoms with Crippen LogP contribution in [0.1, 0.15) is 49.7 Å². The van der Waals surface area contributed by atoms with Gasteiger partial charge in [-0.15, -0.1) is 0 Å². The van der Waals surface area contributed by atoms with E-state index in [-0.39, 0.29) is 0 Å². The molecule has 1 aromatic carbocycles. The van der Waals surface area contributed by atoms with Gasteiger partial charge in [0.2, 0.25) is 0 Å². The van der Waals surface area contributed by atoms with E-state index >= 15 is 0 Å². The summed E-state index contributed by atoms with van der Waals surface area (Å²) in [6.45, 7) is 2.25. The number of anilines is 1. The highest BCUT2D eigenvalue weighted by Gasteiger charge is 2.34. The Hall–Kier alpha value is -0.980. The van der Waals surface area contributed by atoms with Crippen LogP contribution in [0.5, 0.6) is 0 Å². The monoisotopic (exact) mass is 201 g/mol. The molecule has 1 aliphatic carbocycles. The van der Waals surface area contributed by atoms with Gasteiger partial charge >= 0.3 is 0 Å². The van der Waals surface area contributed by atoms with Gasteiger partial charge in [-0.3, -0.25) is 0 Å². The zero-order valence-electron chi connectivity index (χ0n) is 9.42. The molecule has 0 spiro atoms. The molecular formula is C14H19N. The molecule has 2 unspecified atom stereocenters. The predicted molar refractivity (Wildman–Crippen MR) is 64.4 cm³/mol. The van der Waals surface area contributed by atoms with Crippen molar-refractivity contribution < 1.29 is 0 Å². The second-order valence-corrected chi connectivity index (χ2v) is 4.88. The molecule has 1 aliphatic heterocycles. The summed E-state index contributed by atoms with van der Waals surface area (Å²) >= 11 is 0. The minimum absolute atomic E-state index is 0.737. The van der Waals surface area contributed by atoms with E-state index in [2.05, 4.69) is 30.4 Å². The molecule has 1 aromatic rings.